The maximum atomic E-state index is 4.05. The summed E-state index contributed by atoms with van der Waals surface area (Å²) in [6.45, 7) is 6.45. The second-order valence-electron chi connectivity index (χ2n) is 3.62. The Bertz CT molecular complexity index is 442. The third-order valence-electron chi connectivity index (χ3n) is 2.81. The summed E-state index contributed by atoms with van der Waals surface area (Å²) in [6.07, 6.45) is 5.60. The molecule has 0 fully saturated rings. The van der Waals surface area contributed by atoms with E-state index < -0.39 is 0 Å². The predicted octanol–water partition coefficient (Wildman–Crippen LogP) is 2.80. The molecule has 0 radical (unpaired) electrons. The molecule has 0 saturated carbocycles. The highest BCUT2D eigenvalue weighted by molar-refractivity contribution is 5.47. The maximum absolute atomic E-state index is 4.05. The number of benzene rings is 1. The molecular weight excluding hydrogens is 172 g/mol. The monoisotopic (exact) mass is 186 g/mol. The molecule has 2 rings (SSSR count). The van der Waals surface area contributed by atoms with Gasteiger partial charge in [0.15, 0.2) is 0 Å². The topological polar surface area (TPSA) is 17.8 Å². The van der Waals surface area contributed by atoms with E-state index >= 15 is 0 Å². The Hall–Kier alpha value is -1.57. The molecule has 1 aromatic heterocycles. The van der Waals surface area contributed by atoms with Crippen molar-refractivity contribution in [1.82, 2.24) is 9.55 Å². The highest BCUT2D eigenvalue weighted by Crippen LogP contribution is 2.20. The van der Waals surface area contributed by atoms with Gasteiger partial charge in [-0.05, 0) is 43.5 Å². The molecule has 0 aliphatic carbocycles. The van der Waals surface area contributed by atoms with Gasteiger partial charge in [0.25, 0.3) is 0 Å². The van der Waals surface area contributed by atoms with Crippen LogP contribution in [-0.4, -0.2) is 9.55 Å². The van der Waals surface area contributed by atoms with Crippen molar-refractivity contribution in [3.63, 3.8) is 0 Å². The molecule has 0 spiro atoms. The van der Waals surface area contributed by atoms with E-state index in [1.807, 2.05) is 17.1 Å². The lowest BCUT2D eigenvalue weighted by atomic mass is 10.0. The van der Waals surface area contributed by atoms with Gasteiger partial charge in [-0.25, -0.2) is 4.98 Å². The van der Waals surface area contributed by atoms with Crippen molar-refractivity contribution in [2.24, 2.45) is 0 Å². The fourth-order valence-electron chi connectivity index (χ4n) is 1.62. The van der Waals surface area contributed by atoms with E-state index in [1.165, 1.54) is 22.4 Å². The summed E-state index contributed by atoms with van der Waals surface area (Å²) in [6, 6.07) is 4.29. The van der Waals surface area contributed by atoms with Gasteiger partial charge in [-0.2, -0.15) is 0 Å². The highest BCUT2D eigenvalue weighted by Gasteiger charge is 2.04. The second-order valence-corrected chi connectivity index (χ2v) is 3.62. The largest absolute Gasteiger partial charge is 0.306 e. The lowest BCUT2D eigenvalue weighted by Crippen LogP contribution is -1.97. The summed E-state index contributed by atoms with van der Waals surface area (Å²) >= 11 is 0. The summed E-state index contributed by atoms with van der Waals surface area (Å²) < 4.78 is 2.04. The van der Waals surface area contributed by atoms with Crippen molar-refractivity contribution in [1.29, 1.82) is 0 Å². The van der Waals surface area contributed by atoms with Gasteiger partial charge in [-0.15, -0.1) is 0 Å². The van der Waals surface area contributed by atoms with Crippen LogP contribution in [0.2, 0.25) is 0 Å². The van der Waals surface area contributed by atoms with Crippen molar-refractivity contribution in [2.45, 2.75) is 20.8 Å². The lowest BCUT2D eigenvalue weighted by molar-refractivity contribution is 1.03. The molecule has 0 saturated heterocycles. The fraction of sp³-hybridized carbons (Fsp3) is 0.250. The smallest absolute Gasteiger partial charge is 0.0991 e. The van der Waals surface area contributed by atoms with Crippen LogP contribution in [0.15, 0.2) is 30.9 Å². The molecular formula is C12H14N2. The summed E-state index contributed by atoms with van der Waals surface area (Å²) in [7, 11) is 0. The Morgan fingerprint density at radius 1 is 1.07 bits per heavy atom. The zero-order chi connectivity index (χ0) is 10.1. The van der Waals surface area contributed by atoms with E-state index in [1.54, 1.807) is 6.20 Å². The zero-order valence-electron chi connectivity index (χ0n) is 8.78. The number of rotatable bonds is 1. The van der Waals surface area contributed by atoms with Crippen LogP contribution in [0.4, 0.5) is 0 Å². The second kappa shape index (κ2) is 3.29. The Balaban J connectivity index is 2.61. The van der Waals surface area contributed by atoms with Gasteiger partial charge in [0.05, 0.1) is 6.33 Å². The van der Waals surface area contributed by atoms with E-state index in [2.05, 4.69) is 37.9 Å². The van der Waals surface area contributed by atoms with Crippen molar-refractivity contribution in [3.05, 3.63) is 47.5 Å². The number of imidazole rings is 1. The summed E-state index contributed by atoms with van der Waals surface area (Å²) in [4.78, 5) is 4.05. The Labute approximate surface area is 84.2 Å². The molecule has 1 heterocycles. The molecule has 0 unspecified atom stereocenters. The van der Waals surface area contributed by atoms with Crippen LogP contribution in [0.3, 0.4) is 0 Å². The number of aryl methyl sites for hydroxylation is 1. The van der Waals surface area contributed by atoms with Gasteiger partial charge in [-0.1, -0.05) is 6.07 Å². The van der Waals surface area contributed by atoms with E-state index in [-0.39, 0.29) is 0 Å². The van der Waals surface area contributed by atoms with Crippen LogP contribution >= 0.6 is 0 Å². The quantitative estimate of drug-likeness (QED) is 0.669. The Morgan fingerprint density at radius 2 is 1.86 bits per heavy atom. The van der Waals surface area contributed by atoms with Gasteiger partial charge < -0.3 is 4.57 Å². The molecule has 72 valence electrons. The molecule has 2 nitrogen and oxygen atoms in total. The summed E-state index contributed by atoms with van der Waals surface area (Å²) in [5, 5.41) is 0. The summed E-state index contributed by atoms with van der Waals surface area (Å²) in [5.41, 5.74) is 5.23. The van der Waals surface area contributed by atoms with E-state index in [0.29, 0.717) is 0 Å². The fourth-order valence-corrected chi connectivity index (χ4v) is 1.62. The number of aromatic nitrogens is 2. The number of hydrogen-bond donors (Lipinski definition) is 0. The predicted molar refractivity (Wildman–Crippen MR) is 57.8 cm³/mol. The Morgan fingerprint density at radius 3 is 2.50 bits per heavy atom. The molecule has 1 aromatic carbocycles. The standard InChI is InChI=1S/C12H14N2/c1-9-4-5-12(11(3)10(9)2)14-7-6-13-8-14/h4-8H,1-3H3. The minimum Gasteiger partial charge on any atom is -0.306 e. The first-order valence-electron chi connectivity index (χ1n) is 4.75. The minimum absolute atomic E-state index is 1.21. The van der Waals surface area contributed by atoms with Gasteiger partial charge in [0.1, 0.15) is 0 Å². The average molecular weight is 186 g/mol. The van der Waals surface area contributed by atoms with E-state index in [4.69, 9.17) is 0 Å². The van der Waals surface area contributed by atoms with E-state index in [0.717, 1.165) is 0 Å². The van der Waals surface area contributed by atoms with Crippen molar-refractivity contribution in [3.8, 4) is 5.69 Å². The van der Waals surface area contributed by atoms with Crippen LogP contribution in [-0.2, 0) is 0 Å². The zero-order valence-corrected chi connectivity index (χ0v) is 8.78. The van der Waals surface area contributed by atoms with Gasteiger partial charge >= 0.3 is 0 Å². The third kappa shape index (κ3) is 1.33. The molecule has 0 atom stereocenters. The van der Waals surface area contributed by atoms with Crippen molar-refractivity contribution >= 4 is 0 Å². The molecule has 2 aromatic rings. The van der Waals surface area contributed by atoms with Crippen LogP contribution in [0.5, 0.6) is 0 Å². The minimum atomic E-state index is 1.21. The first kappa shape index (κ1) is 9.00. The van der Waals surface area contributed by atoms with Crippen molar-refractivity contribution in [2.75, 3.05) is 0 Å². The van der Waals surface area contributed by atoms with Crippen molar-refractivity contribution < 1.29 is 0 Å². The highest BCUT2D eigenvalue weighted by atomic mass is 15.0. The van der Waals surface area contributed by atoms with Gasteiger partial charge in [0, 0.05) is 18.1 Å². The number of nitrogens with zero attached hydrogens (tertiary/aromatic N) is 2. The third-order valence-corrected chi connectivity index (χ3v) is 2.81. The van der Waals surface area contributed by atoms with Crippen LogP contribution in [0, 0.1) is 20.8 Å². The Kier molecular flexibility index (Phi) is 2.12. The van der Waals surface area contributed by atoms with Gasteiger partial charge in [-0.3, -0.25) is 0 Å². The molecule has 0 bridgehead atoms. The van der Waals surface area contributed by atoms with Gasteiger partial charge in [0.2, 0.25) is 0 Å². The van der Waals surface area contributed by atoms with Crippen LogP contribution < -0.4 is 0 Å². The molecule has 2 heteroatoms. The first-order chi connectivity index (χ1) is 6.70. The lowest BCUT2D eigenvalue weighted by Gasteiger charge is -2.11. The first-order valence-corrected chi connectivity index (χ1v) is 4.75. The molecule has 0 aliphatic rings. The molecule has 14 heavy (non-hydrogen) atoms. The van der Waals surface area contributed by atoms with Crippen LogP contribution in [0.25, 0.3) is 5.69 Å². The average Bonchev–Trinajstić information content (AvgIpc) is 2.67. The molecule has 0 aliphatic heterocycles. The number of hydrogen-bond acceptors (Lipinski definition) is 1. The van der Waals surface area contributed by atoms with Crippen LogP contribution in [0.1, 0.15) is 16.7 Å². The molecule has 0 N–H and O–H groups in total. The SMILES string of the molecule is Cc1ccc(-n2ccnc2)c(C)c1C. The summed E-state index contributed by atoms with van der Waals surface area (Å²) in [5.74, 6) is 0. The molecule has 0 amide bonds. The normalized spacial score (nSPS) is 10.5. The van der Waals surface area contributed by atoms with E-state index in [9.17, 15) is 0 Å². The maximum Gasteiger partial charge on any atom is 0.0991 e.